The van der Waals surface area contributed by atoms with E-state index in [-0.39, 0.29) is 0 Å². The van der Waals surface area contributed by atoms with Crippen molar-refractivity contribution in [2.75, 3.05) is 13.2 Å². The molecule has 0 aromatic rings. The van der Waals surface area contributed by atoms with Crippen LogP contribution in [0.4, 0.5) is 0 Å². The third-order valence-electron chi connectivity index (χ3n) is 1.36. The van der Waals surface area contributed by atoms with Crippen LogP contribution in [0.1, 0.15) is 0 Å². The van der Waals surface area contributed by atoms with E-state index in [4.69, 9.17) is 20.4 Å². The summed E-state index contributed by atoms with van der Waals surface area (Å²) >= 11 is 0. The molecule has 0 aliphatic rings. The van der Waals surface area contributed by atoms with Gasteiger partial charge in [0.2, 0.25) is 5.41 Å². The first-order chi connectivity index (χ1) is 5.01. The Hall–Kier alpha value is -1.14. The Bertz CT molecular complexity index is 154. The Labute approximate surface area is 61.7 Å². The lowest BCUT2D eigenvalue weighted by atomic mass is 9.91. The molecule has 4 N–H and O–H groups in total. The standard InChI is InChI=1S/C5H8O6/c6-1-5(2-7,3(8)9)4(10)11/h6-7H,1-2H2,(H,8,9)(H,10,11). The maximum Gasteiger partial charge on any atom is 0.325 e. The molecule has 0 bridgehead atoms. The third-order valence-corrected chi connectivity index (χ3v) is 1.36. The van der Waals surface area contributed by atoms with Crippen LogP contribution in [-0.4, -0.2) is 45.6 Å². The van der Waals surface area contributed by atoms with Crippen LogP contribution >= 0.6 is 0 Å². The van der Waals surface area contributed by atoms with E-state index >= 15 is 0 Å². The zero-order chi connectivity index (χ0) is 9.07. The number of aliphatic carboxylic acids is 2. The Kier molecular flexibility index (Phi) is 2.97. The van der Waals surface area contributed by atoms with Gasteiger partial charge in [0.05, 0.1) is 13.2 Å². The molecule has 0 heterocycles. The summed E-state index contributed by atoms with van der Waals surface area (Å²) in [4.78, 5) is 20.4. The number of hydrogen-bond donors (Lipinski definition) is 4. The molecule has 64 valence electrons. The lowest BCUT2D eigenvalue weighted by Crippen LogP contribution is -2.45. The average Bonchev–Trinajstić information content (AvgIpc) is 1.90. The van der Waals surface area contributed by atoms with Crippen LogP contribution in [-0.2, 0) is 9.59 Å². The summed E-state index contributed by atoms with van der Waals surface area (Å²) in [6.07, 6.45) is 0. The van der Waals surface area contributed by atoms with E-state index < -0.39 is 30.6 Å². The molecule has 0 aromatic heterocycles. The molecular formula is C5H8O6. The minimum Gasteiger partial charge on any atom is -0.480 e. The molecule has 0 atom stereocenters. The maximum atomic E-state index is 10.2. The largest absolute Gasteiger partial charge is 0.480 e. The monoisotopic (exact) mass is 164 g/mol. The first-order valence-electron chi connectivity index (χ1n) is 2.70. The van der Waals surface area contributed by atoms with Gasteiger partial charge in [-0.25, -0.2) is 0 Å². The predicted molar refractivity (Wildman–Crippen MR) is 31.9 cm³/mol. The van der Waals surface area contributed by atoms with E-state index in [0.717, 1.165) is 0 Å². The summed E-state index contributed by atoms with van der Waals surface area (Å²) in [6, 6.07) is 0. The highest BCUT2D eigenvalue weighted by Crippen LogP contribution is 2.15. The van der Waals surface area contributed by atoms with Crippen molar-refractivity contribution in [2.24, 2.45) is 5.41 Å². The van der Waals surface area contributed by atoms with Crippen molar-refractivity contribution in [1.29, 1.82) is 0 Å². The second-order valence-electron chi connectivity index (χ2n) is 2.01. The zero-order valence-electron chi connectivity index (χ0n) is 5.52. The number of carbonyl (C=O) groups is 2. The van der Waals surface area contributed by atoms with Gasteiger partial charge >= 0.3 is 11.9 Å². The molecule has 6 nitrogen and oxygen atoms in total. The summed E-state index contributed by atoms with van der Waals surface area (Å²) in [5.74, 6) is -3.51. The molecule has 0 aliphatic carbocycles. The zero-order valence-corrected chi connectivity index (χ0v) is 5.52. The van der Waals surface area contributed by atoms with Gasteiger partial charge in [-0.1, -0.05) is 0 Å². The van der Waals surface area contributed by atoms with Crippen molar-refractivity contribution in [3.8, 4) is 0 Å². The van der Waals surface area contributed by atoms with Crippen molar-refractivity contribution in [3.05, 3.63) is 0 Å². The SMILES string of the molecule is O=C(O)C(CO)(CO)C(=O)O. The maximum absolute atomic E-state index is 10.2. The van der Waals surface area contributed by atoms with E-state index in [1.54, 1.807) is 0 Å². The van der Waals surface area contributed by atoms with Crippen LogP contribution < -0.4 is 0 Å². The van der Waals surface area contributed by atoms with E-state index in [2.05, 4.69) is 0 Å². The van der Waals surface area contributed by atoms with Crippen LogP contribution in [0.15, 0.2) is 0 Å². The van der Waals surface area contributed by atoms with Gasteiger partial charge in [-0.05, 0) is 0 Å². The topological polar surface area (TPSA) is 115 Å². The quantitative estimate of drug-likeness (QED) is 0.362. The van der Waals surface area contributed by atoms with Crippen LogP contribution in [0.5, 0.6) is 0 Å². The molecule has 0 saturated heterocycles. The van der Waals surface area contributed by atoms with Gasteiger partial charge in [0.15, 0.2) is 0 Å². The van der Waals surface area contributed by atoms with Gasteiger partial charge in [0, 0.05) is 0 Å². The lowest BCUT2D eigenvalue weighted by Gasteiger charge is -2.18. The Morgan fingerprint density at radius 3 is 1.27 bits per heavy atom. The highest BCUT2D eigenvalue weighted by molar-refractivity contribution is 5.98. The molecule has 0 fully saturated rings. The molecule has 0 aliphatic heterocycles. The minimum absolute atomic E-state index is 1.13. The molecule has 0 rings (SSSR count). The number of carboxylic acid groups (broad SMARTS) is 2. The van der Waals surface area contributed by atoms with Gasteiger partial charge in [-0.3, -0.25) is 9.59 Å². The molecule has 0 radical (unpaired) electrons. The van der Waals surface area contributed by atoms with Crippen molar-refractivity contribution >= 4 is 11.9 Å². The normalized spacial score (nSPS) is 11.1. The first-order valence-corrected chi connectivity index (χ1v) is 2.70. The lowest BCUT2D eigenvalue weighted by molar-refractivity contribution is -0.171. The third kappa shape index (κ3) is 1.47. The van der Waals surface area contributed by atoms with Gasteiger partial charge in [-0.15, -0.1) is 0 Å². The fourth-order valence-electron chi connectivity index (χ4n) is 0.412. The van der Waals surface area contributed by atoms with Crippen molar-refractivity contribution in [2.45, 2.75) is 0 Å². The fourth-order valence-corrected chi connectivity index (χ4v) is 0.412. The summed E-state index contributed by atoms with van der Waals surface area (Å²) < 4.78 is 0. The Balaban J connectivity index is 4.76. The summed E-state index contributed by atoms with van der Waals surface area (Å²) in [5.41, 5.74) is -2.47. The highest BCUT2D eigenvalue weighted by Gasteiger charge is 2.45. The number of carboxylic acids is 2. The number of aliphatic hydroxyl groups excluding tert-OH is 2. The van der Waals surface area contributed by atoms with Crippen LogP contribution in [0, 0.1) is 5.41 Å². The molecule has 0 aromatic carbocycles. The van der Waals surface area contributed by atoms with E-state index in [9.17, 15) is 9.59 Å². The minimum atomic E-state index is -2.47. The molecule has 0 saturated carbocycles. The molecule has 0 spiro atoms. The average molecular weight is 164 g/mol. The van der Waals surface area contributed by atoms with Gasteiger partial charge in [-0.2, -0.15) is 0 Å². The molecule has 0 unspecified atom stereocenters. The summed E-state index contributed by atoms with van der Waals surface area (Å²) in [6.45, 7) is -2.26. The van der Waals surface area contributed by atoms with E-state index in [1.807, 2.05) is 0 Å². The van der Waals surface area contributed by atoms with Crippen molar-refractivity contribution < 1.29 is 30.0 Å². The first kappa shape index (κ1) is 9.86. The van der Waals surface area contributed by atoms with Crippen LogP contribution in [0.25, 0.3) is 0 Å². The molecular weight excluding hydrogens is 156 g/mol. The van der Waals surface area contributed by atoms with Crippen LogP contribution in [0.2, 0.25) is 0 Å². The number of hydrogen-bond acceptors (Lipinski definition) is 4. The van der Waals surface area contributed by atoms with Crippen molar-refractivity contribution in [1.82, 2.24) is 0 Å². The van der Waals surface area contributed by atoms with Gasteiger partial charge in [0.25, 0.3) is 0 Å². The smallest absolute Gasteiger partial charge is 0.325 e. The second-order valence-corrected chi connectivity index (χ2v) is 2.01. The van der Waals surface area contributed by atoms with Gasteiger partial charge < -0.3 is 20.4 Å². The highest BCUT2D eigenvalue weighted by atomic mass is 16.4. The number of aliphatic hydroxyl groups is 2. The predicted octanol–water partition coefficient (Wildman–Crippen LogP) is -1.87. The fraction of sp³-hybridized carbons (Fsp3) is 0.600. The summed E-state index contributed by atoms with van der Waals surface area (Å²) in [5, 5.41) is 33.4. The van der Waals surface area contributed by atoms with Crippen molar-refractivity contribution in [3.63, 3.8) is 0 Å². The molecule has 6 heteroatoms. The second kappa shape index (κ2) is 3.31. The van der Waals surface area contributed by atoms with E-state index in [1.165, 1.54) is 0 Å². The van der Waals surface area contributed by atoms with E-state index in [0.29, 0.717) is 0 Å². The summed E-state index contributed by atoms with van der Waals surface area (Å²) in [7, 11) is 0. The van der Waals surface area contributed by atoms with Gasteiger partial charge in [0.1, 0.15) is 0 Å². The Morgan fingerprint density at radius 1 is 1.00 bits per heavy atom. The number of rotatable bonds is 4. The van der Waals surface area contributed by atoms with Crippen LogP contribution in [0.3, 0.4) is 0 Å². The molecule has 11 heavy (non-hydrogen) atoms. The molecule has 0 amide bonds. The Morgan fingerprint density at radius 2 is 1.27 bits per heavy atom.